The Morgan fingerprint density at radius 1 is 1.24 bits per heavy atom. The average molecular weight is 490 g/mol. The maximum absolute atomic E-state index is 13.3. The van der Waals surface area contributed by atoms with E-state index in [0.29, 0.717) is 11.8 Å². The Balaban J connectivity index is 2.29. The summed E-state index contributed by atoms with van der Waals surface area (Å²) in [6, 6.07) is 4.84. The quantitative estimate of drug-likeness (QED) is 0.146. The van der Waals surface area contributed by atoms with Gasteiger partial charge in [-0.1, -0.05) is 12.1 Å². The normalized spacial score (nSPS) is 11.5. The SMILES string of the molecule is Cc1cc(CC(=O)NCCON=C(N)N)c(NS(=O)(=O)c2ccccc2C(F)(F)F)c(=O)[nH]1. The van der Waals surface area contributed by atoms with Crippen molar-refractivity contribution in [3.63, 3.8) is 0 Å². The first-order chi connectivity index (χ1) is 15.3. The molecule has 0 aliphatic heterocycles. The van der Waals surface area contributed by atoms with E-state index in [9.17, 15) is 31.2 Å². The van der Waals surface area contributed by atoms with E-state index < -0.39 is 50.2 Å². The van der Waals surface area contributed by atoms with Crippen molar-refractivity contribution < 1.29 is 31.2 Å². The lowest BCUT2D eigenvalue weighted by Crippen LogP contribution is -2.31. The number of rotatable bonds is 9. The zero-order valence-corrected chi connectivity index (χ0v) is 18.0. The predicted molar refractivity (Wildman–Crippen MR) is 113 cm³/mol. The summed E-state index contributed by atoms with van der Waals surface area (Å²) in [6.07, 6.45) is -5.40. The Kier molecular flexibility index (Phi) is 7.92. The molecule has 7 N–H and O–H groups in total. The molecule has 2 aromatic rings. The third-order valence-corrected chi connectivity index (χ3v) is 5.41. The van der Waals surface area contributed by atoms with Crippen molar-refractivity contribution in [3.8, 4) is 0 Å². The molecule has 33 heavy (non-hydrogen) atoms. The van der Waals surface area contributed by atoms with Crippen molar-refractivity contribution in [2.45, 2.75) is 24.4 Å². The number of aryl methyl sites for hydroxylation is 1. The molecular weight excluding hydrogens is 469 g/mol. The highest BCUT2D eigenvalue weighted by molar-refractivity contribution is 7.92. The van der Waals surface area contributed by atoms with Gasteiger partial charge in [0, 0.05) is 5.69 Å². The summed E-state index contributed by atoms with van der Waals surface area (Å²) >= 11 is 0. The zero-order chi connectivity index (χ0) is 24.8. The molecule has 0 bridgehead atoms. The van der Waals surface area contributed by atoms with Crippen molar-refractivity contribution >= 4 is 27.6 Å². The van der Waals surface area contributed by atoms with Gasteiger partial charge in [0.1, 0.15) is 12.3 Å². The lowest BCUT2D eigenvalue weighted by Gasteiger charge is -2.16. The van der Waals surface area contributed by atoms with Crippen LogP contribution in [0.3, 0.4) is 0 Å². The van der Waals surface area contributed by atoms with E-state index in [1.807, 2.05) is 4.72 Å². The number of carbonyl (C=O) groups excluding carboxylic acids is 1. The van der Waals surface area contributed by atoms with Gasteiger partial charge in [-0.3, -0.25) is 14.3 Å². The number of nitrogens with two attached hydrogens (primary N) is 2. The lowest BCUT2D eigenvalue weighted by molar-refractivity contribution is -0.139. The number of sulfonamides is 1. The van der Waals surface area contributed by atoms with Crippen LogP contribution in [0, 0.1) is 6.92 Å². The second-order valence-electron chi connectivity index (χ2n) is 6.66. The maximum Gasteiger partial charge on any atom is 0.417 e. The number of nitrogens with one attached hydrogen (secondary N) is 3. The summed E-state index contributed by atoms with van der Waals surface area (Å²) in [6.45, 7) is 1.40. The Morgan fingerprint density at radius 3 is 2.55 bits per heavy atom. The molecule has 0 saturated carbocycles. The van der Waals surface area contributed by atoms with Crippen molar-refractivity contribution in [2.75, 3.05) is 17.9 Å². The molecule has 1 aromatic heterocycles. The molecule has 11 nitrogen and oxygen atoms in total. The number of hydrogen-bond donors (Lipinski definition) is 5. The van der Waals surface area contributed by atoms with Crippen LogP contribution in [0.1, 0.15) is 16.8 Å². The van der Waals surface area contributed by atoms with Crippen molar-refractivity contribution in [1.82, 2.24) is 10.3 Å². The number of nitrogens with zero attached hydrogens (tertiary/aromatic N) is 1. The van der Waals surface area contributed by atoms with Crippen LogP contribution in [0.4, 0.5) is 18.9 Å². The zero-order valence-electron chi connectivity index (χ0n) is 17.2. The van der Waals surface area contributed by atoms with Gasteiger partial charge in [-0.15, -0.1) is 0 Å². The first kappa shape index (κ1) is 25.5. The van der Waals surface area contributed by atoms with E-state index in [2.05, 4.69) is 15.5 Å². The molecule has 0 aliphatic rings. The Morgan fingerprint density at radius 2 is 1.91 bits per heavy atom. The number of oxime groups is 1. The van der Waals surface area contributed by atoms with Gasteiger partial charge in [0.15, 0.2) is 0 Å². The van der Waals surface area contributed by atoms with Crippen LogP contribution >= 0.6 is 0 Å². The molecule has 15 heteroatoms. The minimum atomic E-state index is -4.95. The van der Waals surface area contributed by atoms with Crippen LogP contribution in [0.15, 0.2) is 45.2 Å². The third-order valence-electron chi connectivity index (χ3n) is 4.00. The standard InChI is InChI=1S/C18H21F3N6O5S/c1-10-8-11(9-14(28)24-6-7-32-26-17(22)23)15(16(29)25-10)27-33(30,31)13-5-3-2-4-12(13)18(19,20)21/h2-5,8,27H,6-7,9H2,1H3,(H,24,28)(H,25,29)(H4,22,23,26). The summed E-state index contributed by atoms with van der Waals surface area (Å²) in [7, 11) is -4.83. The van der Waals surface area contributed by atoms with Crippen molar-refractivity contribution in [1.29, 1.82) is 0 Å². The highest BCUT2D eigenvalue weighted by Gasteiger charge is 2.37. The third kappa shape index (κ3) is 7.13. The summed E-state index contributed by atoms with van der Waals surface area (Å²) in [5.41, 5.74) is 7.49. The van der Waals surface area contributed by atoms with E-state index in [1.54, 1.807) is 0 Å². The summed E-state index contributed by atoms with van der Waals surface area (Å²) in [5, 5.41) is 5.70. The van der Waals surface area contributed by atoms with Crippen LogP contribution in [0.5, 0.6) is 0 Å². The smallest absolute Gasteiger partial charge is 0.391 e. The van der Waals surface area contributed by atoms with Gasteiger partial charge in [-0.05, 0) is 35.8 Å². The first-order valence-electron chi connectivity index (χ1n) is 9.20. The molecular formula is C18H21F3N6O5S. The van der Waals surface area contributed by atoms with Gasteiger partial charge >= 0.3 is 6.18 Å². The van der Waals surface area contributed by atoms with Crippen LogP contribution in [0.25, 0.3) is 0 Å². The number of halogens is 3. The predicted octanol–water partition coefficient (Wildman–Crippen LogP) is 0.367. The van der Waals surface area contributed by atoms with Crippen molar-refractivity contribution in [2.24, 2.45) is 16.6 Å². The van der Waals surface area contributed by atoms with Crippen LogP contribution in [0.2, 0.25) is 0 Å². The molecule has 0 fully saturated rings. The molecule has 0 spiro atoms. The highest BCUT2D eigenvalue weighted by Crippen LogP contribution is 2.34. The molecule has 1 heterocycles. The molecule has 180 valence electrons. The fraction of sp³-hybridized carbons (Fsp3) is 0.278. The molecule has 1 amide bonds. The first-order valence-corrected chi connectivity index (χ1v) is 10.7. The second kappa shape index (κ2) is 10.2. The Hall–Kier alpha value is -3.75. The number of benzene rings is 1. The summed E-state index contributed by atoms with van der Waals surface area (Å²) in [5.74, 6) is -0.936. The number of alkyl halides is 3. The maximum atomic E-state index is 13.3. The topological polar surface area (TPSA) is 182 Å². The van der Waals surface area contributed by atoms with Gasteiger partial charge in [-0.25, -0.2) is 8.42 Å². The van der Waals surface area contributed by atoms with E-state index >= 15 is 0 Å². The molecule has 1 aromatic carbocycles. The van der Waals surface area contributed by atoms with Gasteiger partial charge in [0.25, 0.3) is 15.6 Å². The molecule has 0 radical (unpaired) electrons. The number of hydrogen-bond acceptors (Lipinski definition) is 6. The summed E-state index contributed by atoms with van der Waals surface area (Å²) < 4.78 is 67.2. The van der Waals surface area contributed by atoms with Crippen LogP contribution in [-0.2, 0) is 32.3 Å². The average Bonchev–Trinajstić information content (AvgIpc) is 2.69. The molecule has 0 unspecified atom stereocenters. The van der Waals surface area contributed by atoms with E-state index in [0.717, 1.165) is 18.2 Å². The van der Waals surface area contributed by atoms with Crippen LogP contribution in [-0.4, -0.2) is 38.4 Å². The molecule has 0 saturated heterocycles. The molecule has 0 atom stereocenters. The fourth-order valence-electron chi connectivity index (χ4n) is 2.72. The molecule has 2 rings (SSSR count). The number of aromatic nitrogens is 1. The fourth-order valence-corrected chi connectivity index (χ4v) is 4.06. The van der Waals surface area contributed by atoms with Gasteiger partial charge in [-0.2, -0.15) is 13.2 Å². The van der Waals surface area contributed by atoms with Gasteiger partial charge < -0.3 is 26.6 Å². The number of guanidine groups is 1. The second-order valence-corrected chi connectivity index (χ2v) is 8.31. The van der Waals surface area contributed by atoms with E-state index in [-0.39, 0.29) is 24.7 Å². The summed E-state index contributed by atoms with van der Waals surface area (Å²) in [4.78, 5) is 30.6. The minimum absolute atomic E-state index is 0.0161. The van der Waals surface area contributed by atoms with Crippen LogP contribution < -0.4 is 27.1 Å². The minimum Gasteiger partial charge on any atom is -0.391 e. The number of amides is 1. The van der Waals surface area contributed by atoms with Crippen molar-refractivity contribution in [3.05, 3.63) is 57.5 Å². The number of pyridine rings is 1. The number of aromatic amines is 1. The Bertz CT molecular complexity index is 1210. The monoisotopic (exact) mass is 490 g/mol. The Labute approximate surface area is 186 Å². The molecule has 0 aliphatic carbocycles. The number of carbonyl (C=O) groups is 1. The van der Waals surface area contributed by atoms with Gasteiger partial charge in [0.2, 0.25) is 11.9 Å². The van der Waals surface area contributed by atoms with E-state index in [4.69, 9.17) is 16.3 Å². The van der Waals surface area contributed by atoms with Gasteiger partial charge in [0.05, 0.1) is 23.4 Å². The number of H-pyrrole nitrogens is 1. The highest BCUT2D eigenvalue weighted by atomic mass is 32.2. The lowest BCUT2D eigenvalue weighted by atomic mass is 10.1. The largest absolute Gasteiger partial charge is 0.417 e. The number of anilines is 1. The van der Waals surface area contributed by atoms with E-state index in [1.165, 1.54) is 13.0 Å².